The third-order valence-electron chi connectivity index (χ3n) is 10.5. The summed E-state index contributed by atoms with van der Waals surface area (Å²) in [6.07, 6.45) is 0. The van der Waals surface area contributed by atoms with E-state index in [2.05, 4.69) is 205 Å². The molecule has 0 saturated heterocycles. The second-order valence-corrected chi connectivity index (χ2v) is 13.3. The lowest BCUT2D eigenvalue weighted by atomic mass is 9.66. The minimum absolute atomic E-state index is 0.581. The Morgan fingerprint density at radius 3 is 1.71 bits per heavy atom. The van der Waals surface area contributed by atoms with Crippen LogP contribution in [0.2, 0.25) is 0 Å². The van der Waals surface area contributed by atoms with Gasteiger partial charge in [0.05, 0.1) is 11.1 Å². The second kappa shape index (κ2) is 11.8. The van der Waals surface area contributed by atoms with Gasteiger partial charge in [-0.25, -0.2) is 0 Å². The minimum atomic E-state index is -0.581. The van der Waals surface area contributed by atoms with Gasteiger partial charge in [-0.05, 0) is 81.4 Å². The SMILES string of the molecule is c1ccc(-c2ccc3c(c2)Oc2ccccc2C32c3ccccc3-c3ccc(N(c4ccccc4)c4ccccc4-c4ccccc4)cc32)cc1. The van der Waals surface area contributed by atoms with E-state index in [1.54, 1.807) is 0 Å². The molecule has 51 heavy (non-hydrogen) atoms. The molecule has 1 unspecified atom stereocenters. The lowest BCUT2D eigenvalue weighted by Gasteiger charge is -2.40. The molecule has 1 aliphatic carbocycles. The van der Waals surface area contributed by atoms with Gasteiger partial charge >= 0.3 is 0 Å². The molecule has 2 aliphatic rings. The first kappa shape index (κ1) is 29.3. The fraction of sp³-hybridized carbons (Fsp3) is 0.0204. The molecule has 0 N–H and O–H groups in total. The summed E-state index contributed by atoms with van der Waals surface area (Å²) in [4.78, 5) is 2.41. The summed E-state index contributed by atoms with van der Waals surface area (Å²) >= 11 is 0. The standard InChI is InChI=1S/C49H33NO/c1-4-16-34(17-5-1)36-28-31-44-48(32-36)51-47-27-15-13-25-43(47)49(44)42-24-12-10-23-40(42)41-30-29-38(33-45(41)49)50(37-20-8-3-9-21-37)46-26-14-11-22-39(46)35-18-6-2-7-19-35/h1-33H. The van der Waals surface area contributed by atoms with E-state index >= 15 is 0 Å². The molecule has 1 atom stereocenters. The first-order valence-corrected chi connectivity index (χ1v) is 17.5. The van der Waals surface area contributed by atoms with Crippen LogP contribution in [-0.2, 0) is 5.41 Å². The Hall–Kier alpha value is -6.64. The van der Waals surface area contributed by atoms with Crippen LogP contribution in [-0.4, -0.2) is 0 Å². The highest BCUT2D eigenvalue weighted by atomic mass is 16.5. The summed E-state index contributed by atoms with van der Waals surface area (Å²) < 4.78 is 6.83. The Balaban J connectivity index is 1.25. The Morgan fingerprint density at radius 1 is 0.333 bits per heavy atom. The highest BCUT2D eigenvalue weighted by Crippen LogP contribution is 2.63. The van der Waals surface area contributed by atoms with Crippen molar-refractivity contribution in [3.05, 3.63) is 222 Å². The van der Waals surface area contributed by atoms with Gasteiger partial charge in [-0.1, -0.05) is 158 Å². The Bertz CT molecular complexity index is 2560. The lowest BCUT2D eigenvalue weighted by molar-refractivity contribution is 0.436. The summed E-state index contributed by atoms with van der Waals surface area (Å²) in [5, 5.41) is 0. The number of fused-ring (bicyclic) bond motifs is 9. The Kier molecular flexibility index (Phi) is 6.75. The summed E-state index contributed by atoms with van der Waals surface area (Å²) in [6.45, 7) is 0. The van der Waals surface area contributed by atoms with Gasteiger partial charge in [0, 0.05) is 28.1 Å². The number of hydrogen-bond donors (Lipinski definition) is 0. The number of para-hydroxylation sites is 3. The summed E-state index contributed by atoms with van der Waals surface area (Å²) in [6, 6.07) is 72.0. The van der Waals surface area contributed by atoms with E-state index in [-0.39, 0.29) is 0 Å². The van der Waals surface area contributed by atoms with Crippen molar-refractivity contribution in [2.45, 2.75) is 5.41 Å². The molecule has 0 amide bonds. The van der Waals surface area contributed by atoms with E-state index in [9.17, 15) is 0 Å². The molecule has 8 aromatic carbocycles. The highest BCUT2D eigenvalue weighted by Gasteiger charge is 2.51. The van der Waals surface area contributed by atoms with Crippen molar-refractivity contribution in [3.8, 4) is 44.9 Å². The van der Waals surface area contributed by atoms with Crippen LogP contribution in [0.4, 0.5) is 17.1 Å². The molecule has 0 fully saturated rings. The third-order valence-corrected chi connectivity index (χ3v) is 10.5. The van der Waals surface area contributed by atoms with Crippen molar-refractivity contribution in [1.82, 2.24) is 0 Å². The van der Waals surface area contributed by atoms with Gasteiger partial charge < -0.3 is 9.64 Å². The van der Waals surface area contributed by atoms with E-state index in [1.165, 1.54) is 38.9 Å². The number of ether oxygens (including phenoxy) is 1. The van der Waals surface area contributed by atoms with E-state index in [4.69, 9.17) is 4.74 Å². The van der Waals surface area contributed by atoms with Crippen LogP contribution in [0.15, 0.2) is 200 Å². The van der Waals surface area contributed by atoms with Crippen LogP contribution < -0.4 is 9.64 Å². The molecule has 1 spiro atoms. The Labute approximate surface area is 298 Å². The maximum atomic E-state index is 6.83. The van der Waals surface area contributed by atoms with Crippen LogP contribution in [0.1, 0.15) is 22.3 Å². The van der Waals surface area contributed by atoms with Crippen molar-refractivity contribution in [2.75, 3.05) is 4.90 Å². The zero-order chi connectivity index (χ0) is 33.8. The van der Waals surface area contributed by atoms with Gasteiger partial charge in [0.2, 0.25) is 0 Å². The molecule has 1 aliphatic heterocycles. The van der Waals surface area contributed by atoms with E-state index in [1.807, 2.05) is 0 Å². The molecule has 0 aromatic heterocycles. The average molecular weight is 652 g/mol. The summed E-state index contributed by atoms with van der Waals surface area (Å²) in [5.74, 6) is 1.77. The molecule has 0 saturated carbocycles. The maximum absolute atomic E-state index is 6.83. The number of nitrogens with zero attached hydrogens (tertiary/aromatic N) is 1. The quantitative estimate of drug-likeness (QED) is 0.184. The van der Waals surface area contributed by atoms with Gasteiger partial charge in [0.25, 0.3) is 0 Å². The lowest BCUT2D eigenvalue weighted by Crippen LogP contribution is -2.32. The van der Waals surface area contributed by atoms with Crippen molar-refractivity contribution in [3.63, 3.8) is 0 Å². The molecular formula is C49H33NO. The monoisotopic (exact) mass is 651 g/mol. The first-order chi connectivity index (χ1) is 25.3. The maximum Gasteiger partial charge on any atom is 0.132 e. The van der Waals surface area contributed by atoms with Crippen LogP contribution in [0.5, 0.6) is 11.5 Å². The molecule has 8 aromatic rings. The molecule has 2 heteroatoms. The minimum Gasteiger partial charge on any atom is -0.457 e. The molecule has 2 nitrogen and oxygen atoms in total. The smallest absolute Gasteiger partial charge is 0.132 e. The molecular weight excluding hydrogens is 619 g/mol. The van der Waals surface area contributed by atoms with Crippen LogP contribution in [0.25, 0.3) is 33.4 Å². The van der Waals surface area contributed by atoms with Crippen molar-refractivity contribution < 1.29 is 4.74 Å². The van der Waals surface area contributed by atoms with Crippen molar-refractivity contribution in [1.29, 1.82) is 0 Å². The number of rotatable bonds is 5. The number of benzene rings is 8. The zero-order valence-electron chi connectivity index (χ0n) is 27.9. The first-order valence-electron chi connectivity index (χ1n) is 17.5. The predicted molar refractivity (Wildman–Crippen MR) is 209 cm³/mol. The van der Waals surface area contributed by atoms with Crippen LogP contribution in [0.3, 0.4) is 0 Å². The van der Waals surface area contributed by atoms with Gasteiger partial charge in [-0.2, -0.15) is 0 Å². The summed E-state index contributed by atoms with van der Waals surface area (Å²) in [5.41, 5.74) is 14.7. The molecule has 0 bridgehead atoms. The van der Waals surface area contributed by atoms with Crippen LogP contribution in [0, 0.1) is 0 Å². The Morgan fingerprint density at radius 2 is 0.922 bits per heavy atom. The predicted octanol–water partition coefficient (Wildman–Crippen LogP) is 13.0. The summed E-state index contributed by atoms with van der Waals surface area (Å²) in [7, 11) is 0. The van der Waals surface area contributed by atoms with Gasteiger partial charge in [0.15, 0.2) is 0 Å². The fourth-order valence-electron chi connectivity index (χ4n) is 8.38. The highest BCUT2D eigenvalue weighted by molar-refractivity contribution is 5.93. The average Bonchev–Trinajstić information content (AvgIpc) is 3.49. The molecule has 0 radical (unpaired) electrons. The number of hydrogen-bond acceptors (Lipinski definition) is 2. The molecule has 1 heterocycles. The van der Waals surface area contributed by atoms with Gasteiger partial charge in [-0.15, -0.1) is 0 Å². The largest absolute Gasteiger partial charge is 0.457 e. The topological polar surface area (TPSA) is 12.5 Å². The van der Waals surface area contributed by atoms with Crippen LogP contribution >= 0.6 is 0 Å². The molecule has 10 rings (SSSR count). The van der Waals surface area contributed by atoms with E-state index < -0.39 is 5.41 Å². The number of anilines is 3. The third kappa shape index (κ3) is 4.50. The fourth-order valence-corrected chi connectivity index (χ4v) is 8.38. The van der Waals surface area contributed by atoms with Crippen molar-refractivity contribution >= 4 is 17.1 Å². The van der Waals surface area contributed by atoms with Gasteiger partial charge in [-0.3, -0.25) is 0 Å². The van der Waals surface area contributed by atoms with Gasteiger partial charge in [0.1, 0.15) is 11.5 Å². The zero-order valence-corrected chi connectivity index (χ0v) is 27.9. The second-order valence-electron chi connectivity index (χ2n) is 13.3. The van der Waals surface area contributed by atoms with E-state index in [0.29, 0.717) is 0 Å². The van der Waals surface area contributed by atoms with E-state index in [0.717, 1.165) is 45.3 Å². The molecule has 240 valence electrons. The normalized spacial score (nSPS) is 14.9. The van der Waals surface area contributed by atoms with Crippen molar-refractivity contribution in [2.24, 2.45) is 0 Å².